The number of rotatable bonds is 5. The topological polar surface area (TPSA) is 101 Å². The van der Waals surface area contributed by atoms with Gasteiger partial charge >= 0.3 is 5.97 Å². The average Bonchev–Trinajstić information content (AvgIpc) is 2.70. The van der Waals surface area contributed by atoms with Crippen molar-refractivity contribution in [3.05, 3.63) is 17.7 Å². The Kier molecular flexibility index (Phi) is 4.67. The number of hydrogen-bond donors (Lipinski definition) is 0. The molecule has 0 spiro atoms. The summed E-state index contributed by atoms with van der Waals surface area (Å²) in [5, 5.41) is 17.5. The number of nitrogens with zero attached hydrogens (tertiary/aromatic N) is 4. The van der Waals surface area contributed by atoms with Gasteiger partial charge in [-0.1, -0.05) is 0 Å². The van der Waals surface area contributed by atoms with Gasteiger partial charge in [-0.3, -0.25) is 9.36 Å². The molecule has 0 saturated heterocycles. The van der Waals surface area contributed by atoms with Crippen LogP contribution in [-0.2, 0) is 21.0 Å². The summed E-state index contributed by atoms with van der Waals surface area (Å²) < 4.78 is 11.2. The zero-order chi connectivity index (χ0) is 12.7. The van der Waals surface area contributed by atoms with Crippen molar-refractivity contribution >= 4 is 5.97 Å². The van der Waals surface area contributed by atoms with E-state index in [9.17, 15) is 4.79 Å². The molecule has 0 aliphatic carbocycles. The predicted octanol–water partition coefficient (Wildman–Crippen LogP) is 0.164. The zero-order valence-electron chi connectivity index (χ0n) is 9.21. The van der Waals surface area contributed by atoms with Crippen LogP contribution in [0.15, 0.2) is 6.33 Å². The van der Waals surface area contributed by atoms with E-state index in [0.29, 0.717) is 0 Å². The standard InChI is InChI=1S/C10H10N4O3/c1-8(15)17-3-2-16-7-14-6-13-9(4-11)10(14)5-12/h6H,2-3,7H2,1H3. The molecule has 0 aliphatic heterocycles. The smallest absolute Gasteiger partial charge is 0.302 e. The second kappa shape index (κ2) is 6.26. The van der Waals surface area contributed by atoms with E-state index in [-0.39, 0.29) is 37.3 Å². The minimum atomic E-state index is -0.374. The van der Waals surface area contributed by atoms with E-state index in [1.54, 1.807) is 6.07 Å². The molecule has 0 fully saturated rings. The second-order valence-electron chi connectivity index (χ2n) is 3.01. The highest BCUT2D eigenvalue weighted by Gasteiger charge is 2.09. The van der Waals surface area contributed by atoms with Crippen molar-refractivity contribution in [1.82, 2.24) is 9.55 Å². The lowest BCUT2D eigenvalue weighted by molar-refractivity contribution is -0.142. The monoisotopic (exact) mass is 234 g/mol. The molecule has 0 amide bonds. The zero-order valence-corrected chi connectivity index (χ0v) is 9.21. The summed E-state index contributed by atoms with van der Waals surface area (Å²) in [7, 11) is 0. The lowest BCUT2D eigenvalue weighted by Crippen LogP contribution is -2.10. The fourth-order valence-corrected chi connectivity index (χ4v) is 1.09. The number of imidazole rings is 1. The second-order valence-corrected chi connectivity index (χ2v) is 3.01. The molecular weight excluding hydrogens is 224 g/mol. The average molecular weight is 234 g/mol. The largest absolute Gasteiger partial charge is 0.463 e. The van der Waals surface area contributed by atoms with Crippen LogP contribution in [0.5, 0.6) is 0 Å². The molecule has 0 bridgehead atoms. The minimum absolute atomic E-state index is 0.0658. The van der Waals surface area contributed by atoms with E-state index < -0.39 is 0 Å². The van der Waals surface area contributed by atoms with Gasteiger partial charge < -0.3 is 9.47 Å². The van der Waals surface area contributed by atoms with E-state index in [2.05, 4.69) is 9.72 Å². The lowest BCUT2D eigenvalue weighted by Gasteiger charge is -2.05. The first-order valence-electron chi connectivity index (χ1n) is 4.75. The third-order valence-corrected chi connectivity index (χ3v) is 1.81. The first-order chi connectivity index (χ1) is 8.19. The molecule has 0 aromatic carbocycles. The maximum atomic E-state index is 10.4. The first-order valence-corrected chi connectivity index (χ1v) is 4.75. The molecule has 7 nitrogen and oxygen atoms in total. The lowest BCUT2D eigenvalue weighted by atomic mass is 10.4. The molecular formula is C10H10N4O3. The fraction of sp³-hybridized carbons (Fsp3) is 0.400. The van der Waals surface area contributed by atoms with Crippen LogP contribution in [0.25, 0.3) is 0 Å². The normalized spacial score (nSPS) is 9.35. The molecule has 1 aromatic heterocycles. The Morgan fingerprint density at radius 2 is 2.24 bits per heavy atom. The highest BCUT2D eigenvalue weighted by atomic mass is 16.6. The summed E-state index contributed by atoms with van der Waals surface area (Å²) in [5.74, 6) is -0.374. The van der Waals surface area contributed by atoms with Crippen LogP contribution in [-0.4, -0.2) is 28.7 Å². The Hall–Kier alpha value is -2.38. The van der Waals surface area contributed by atoms with Crippen molar-refractivity contribution in [2.75, 3.05) is 13.2 Å². The Morgan fingerprint density at radius 1 is 1.47 bits per heavy atom. The van der Waals surface area contributed by atoms with Crippen LogP contribution < -0.4 is 0 Å². The van der Waals surface area contributed by atoms with Gasteiger partial charge in [-0.2, -0.15) is 10.5 Å². The Morgan fingerprint density at radius 3 is 2.82 bits per heavy atom. The van der Waals surface area contributed by atoms with Crippen LogP contribution in [0, 0.1) is 22.7 Å². The van der Waals surface area contributed by atoms with E-state index in [4.69, 9.17) is 15.3 Å². The highest BCUT2D eigenvalue weighted by molar-refractivity contribution is 5.65. The maximum Gasteiger partial charge on any atom is 0.302 e. The number of nitriles is 2. The number of carbonyl (C=O) groups is 1. The number of carbonyl (C=O) groups excluding carboxylic acids is 1. The molecule has 17 heavy (non-hydrogen) atoms. The molecule has 0 N–H and O–H groups in total. The highest BCUT2D eigenvalue weighted by Crippen LogP contribution is 2.04. The van der Waals surface area contributed by atoms with Gasteiger partial charge in [0.2, 0.25) is 0 Å². The van der Waals surface area contributed by atoms with Crippen LogP contribution in [0.3, 0.4) is 0 Å². The summed E-state index contributed by atoms with van der Waals surface area (Å²) >= 11 is 0. The molecule has 0 atom stereocenters. The molecule has 0 saturated carbocycles. The Labute approximate surface area is 97.8 Å². The van der Waals surface area contributed by atoms with Crippen molar-refractivity contribution in [1.29, 1.82) is 10.5 Å². The fourth-order valence-electron chi connectivity index (χ4n) is 1.09. The van der Waals surface area contributed by atoms with Crippen LogP contribution in [0.4, 0.5) is 0 Å². The molecule has 1 aromatic rings. The maximum absolute atomic E-state index is 10.4. The SMILES string of the molecule is CC(=O)OCCOCn1cnc(C#N)c1C#N. The van der Waals surface area contributed by atoms with Gasteiger partial charge in [-0.05, 0) is 0 Å². The van der Waals surface area contributed by atoms with Crippen molar-refractivity contribution in [3.63, 3.8) is 0 Å². The Balaban J connectivity index is 2.43. The molecule has 0 radical (unpaired) electrons. The van der Waals surface area contributed by atoms with Gasteiger partial charge in [0.25, 0.3) is 0 Å². The first kappa shape index (κ1) is 12.7. The number of hydrogen-bond acceptors (Lipinski definition) is 6. The van der Waals surface area contributed by atoms with E-state index >= 15 is 0 Å². The number of ether oxygens (including phenoxy) is 2. The number of esters is 1. The van der Waals surface area contributed by atoms with Crippen molar-refractivity contribution in [2.45, 2.75) is 13.7 Å². The quantitative estimate of drug-likeness (QED) is 0.531. The summed E-state index contributed by atoms with van der Waals surface area (Å²) in [6.07, 6.45) is 1.35. The summed E-state index contributed by atoms with van der Waals surface area (Å²) in [4.78, 5) is 14.2. The van der Waals surface area contributed by atoms with Crippen molar-refractivity contribution in [2.24, 2.45) is 0 Å². The van der Waals surface area contributed by atoms with Crippen molar-refractivity contribution in [3.8, 4) is 12.1 Å². The van der Waals surface area contributed by atoms with E-state index in [1.165, 1.54) is 17.8 Å². The molecule has 1 rings (SSSR count). The molecule has 88 valence electrons. The van der Waals surface area contributed by atoms with Gasteiger partial charge in [-0.25, -0.2) is 4.98 Å². The Bertz CT molecular complexity index is 481. The predicted molar refractivity (Wildman–Crippen MR) is 54.2 cm³/mol. The van der Waals surface area contributed by atoms with Crippen LogP contribution in [0.1, 0.15) is 18.3 Å². The van der Waals surface area contributed by atoms with E-state index in [0.717, 1.165) is 0 Å². The van der Waals surface area contributed by atoms with Gasteiger partial charge in [0.1, 0.15) is 25.5 Å². The van der Waals surface area contributed by atoms with Crippen LogP contribution >= 0.6 is 0 Å². The molecule has 0 aliphatic rings. The van der Waals surface area contributed by atoms with Gasteiger partial charge in [-0.15, -0.1) is 0 Å². The van der Waals surface area contributed by atoms with Crippen molar-refractivity contribution < 1.29 is 14.3 Å². The van der Waals surface area contributed by atoms with Gasteiger partial charge in [0, 0.05) is 6.92 Å². The number of aromatic nitrogens is 2. The molecule has 0 unspecified atom stereocenters. The van der Waals surface area contributed by atoms with Crippen LogP contribution in [0.2, 0.25) is 0 Å². The third-order valence-electron chi connectivity index (χ3n) is 1.81. The molecule has 1 heterocycles. The summed E-state index contributed by atoms with van der Waals surface area (Å²) in [5.41, 5.74) is 0.219. The van der Waals surface area contributed by atoms with Gasteiger partial charge in [0.15, 0.2) is 11.4 Å². The summed E-state index contributed by atoms with van der Waals surface area (Å²) in [6, 6.07) is 3.67. The van der Waals surface area contributed by atoms with E-state index in [1.807, 2.05) is 6.07 Å². The minimum Gasteiger partial charge on any atom is -0.463 e. The van der Waals surface area contributed by atoms with Gasteiger partial charge in [0.05, 0.1) is 12.9 Å². The summed E-state index contributed by atoms with van der Waals surface area (Å²) in [6.45, 7) is 1.75. The molecule has 7 heteroatoms. The third kappa shape index (κ3) is 3.59.